The average Bonchev–Trinajstić information content (AvgIpc) is 3.34. The van der Waals surface area contributed by atoms with Crippen LogP contribution in [0.15, 0.2) is 59.1 Å². The number of oxazole rings is 1. The molecular weight excluding hydrogens is 516 g/mol. The van der Waals surface area contributed by atoms with Crippen molar-refractivity contribution in [1.82, 2.24) is 15.3 Å². The third-order valence-corrected chi connectivity index (χ3v) is 6.51. The van der Waals surface area contributed by atoms with Crippen molar-refractivity contribution in [3.63, 3.8) is 0 Å². The average molecular weight is 537 g/mol. The van der Waals surface area contributed by atoms with Crippen LogP contribution in [0, 0.1) is 10.1 Å². The molecule has 12 heteroatoms. The van der Waals surface area contributed by atoms with Crippen LogP contribution in [0.25, 0.3) is 22.7 Å². The van der Waals surface area contributed by atoms with Crippen molar-refractivity contribution in [3.05, 3.63) is 75.4 Å². The predicted octanol–water partition coefficient (Wildman–Crippen LogP) is 5.57. The second kappa shape index (κ2) is 10.5. The number of benzene rings is 2. The van der Waals surface area contributed by atoms with Crippen LogP contribution < -0.4 is 15.5 Å². The number of nitrogens with one attached hydrogen (secondary N) is 2. The summed E-state index contributed by atoms with van der Waals surface area (Å²) in [5.74, 6) is -0.275. The van der Waals surface area contributed by atoms with Crippen LogP contribution in [-0.2, 0) is 0 Å². The molecular formula is C25H21ClN6O4S. The number of nitro benzene ring substituents is 1. The summed E-state index contributed by atoms with van der Waals surface area (Å²) in [6, 6.07) is 13.0. The van der Waals surface area contributed by atoms with E-state index in [1.54, 1.807) is 48.7 Å². The Morgan fingerprint density at radius 3 is 2.70 bits per heavy atom. The van der Waals surface area contributed by atoms with Gasteiger partial charge in [0.2, 0.25) is 5.89 Å². The van der Waals surface area contributed by atoms with Gasteiger partial charge in [-0.3, -0.25) is 20.2 Å². The molecule has 4 aromatic rings. The van der Waals surface area contributed by atoms with Gasteiger partial charge in [-0.25, -0.2) is 4.98 Å². The van der Waals surface area contributed by atoms with E-state index in [-0.39, 0.29) is 16.4 Å². The van der Waals surface area contributed by atoms with Gasteiger partial charge in [-0.2, -0.15) is 4.98 Å². The first-order chi connectivity index (χ1) is 17.9. The summed E-state index contributed by atoms with van der Waals surface area (Å²) in [5.41, 5.74) is 2.57. The quantitative estimate of drug-likeness (QED) is 0.191. The van der Waals surface area contributed by atoms with Gasteiger partial charge in [0.25, 0.3) is 11.6 Å². The monoisotopic (exact) mass is 536 g/mol. The molecule has 1 aliphatic heterocycles. The lowest BCUT2D eigenvalue weighted by molar-refractivity contribution is -0.384. The number of nitro groups is 1. The molecule has 0 spiro atoms. The number of carbonyl (C=O) groups is 1. The number of amides is 1. The molecule has 0 atom stereocenters. The Bertz CT molecular complexity index is 1490. The van der Waals surface area contributed by atoms with Crippen LogP contribution in [0.3, 0.4) is 0 Å². The minimum atomic E-state index is -0.565. The third-order valence-electron chi connectivity index (χ3n) is 5.98. The van der Waals surface area contributed by atoms with Gasteiger partial charge >= 0.3 is 0 Å². The number of halogens is 1. The van der Waals surface area contributed by atoms with E-state index in [2.05, 4.69) is 20.6 Å². The van der Waals surface area contributed by atoms with E-state index in [1.807, 2.05) is 4.90 Å². The van der Waals surface area contributed by atoms with Gasteiger partial charge in [-0.15, -0.1) is 0 Å². The molecule has 2 N–H and O–H groups in total. The second-order valence-electron chi connectivity index (χ2n) is 8.46. The summed E-state index contributed by atoms with van der Waals surface area (Å²) in [4.78, 5) is 34.6. The van der Waals surface area contributed by atoms with Crippen LogP contribution in [0.4, 0.5) is 17.1 Å². The van der Waals surface area contributed by atoms with E-state index in [0.717, 1.165) is 32.4 Å². The Morgan fingerprint density at radius 2 is 1.95 bits per heavy atom. The molecule has 0 saturated carbocycles. The molecule has 3 heterocycles. The zero-order chi connectivity index (χ0) is 25.9. The Kier molecular flexibility index (Phi) is 6.97. The van der Waals surface area contributed by atoms with Gasteiger partial charge in [0.05, 0.1) is 15.5 Å². The Balaban J connectivity index is 1.30. The molecule has 1 amide bonds. The molecule has 1 fully saturated rings. The largest absolute Gasteiger partial charge is 0.434 e. The van der Waals surface area contributed by atoms with Gasteiger partial charge in [0, 0.05) is 36.6 Å². The third kappa shape index (κ3) is 5.37. The molecule has 2 aromatic heterocycles. The van der Waals surface area contributed by atoms with Crippen molar-refractivity contribution >= 4 is 63.1 Å². The number of nitrogens with zero attached hydrogens (tertiary/aromatic N) is 4. The molecule has 0 radical (unpaired) electrons. The van der Waals surface area contributed by atoms with E-state index in [0.29, 0.717) is 39.1 Å². The van der Waals surface area contributed by atoms with Gasteiger partial charge in [0.15, 0.2) is 16.3 Å². The Morgan fingerprint density at radius 1 is 1.14 bits per heavy atom. The summed E-state index contributed by atoms with van der Waals surface area (Å²) >= 11 is 11.7. The van der Waals surface area contributed by atoms with E-state index >= 15 is 0 Å². The summed E-state index contributed by atoms with van der Waals surface area (Å²) in [6.07, 6.45) is 4.69. The SMILES string of the molecule is O=C(NC(=S)Nc1ccc(Cl)c(-c2nc3ncccc3o2)c1)c1ccc(N2CCCCC2)c([N+](=O)[O-])c1. The number of rotatable bonds is 5. The van der Waals surface area contributed by atoms with Crippen molar-refractivity contribution in [2.24, 2.45) is 0 Å². The Hall–Kier alpha value is -4.09. The van der Waals surface area contributed by atoms with Gasteiger partial charge < -0.3 is 14.6 Å². The molecule has 0 bridgehead atoms. The molecule has 37 heavy (non-hydrogen) atoms. The van der Waals surface area contributed by atoms with Gasteiger partial charge in [0.1, 0.15) is 5.69 Å². The van der Waals surface area contributed by atoms with Crippen LogP contribution in [0.1, 0.15) is 29.6 Å². The van der Waals surface area contributed by atoms with Gasteiger partial charge in [-0.05, 0) is 73.9 Å². The number of thiocarbonyl (C=S) groups is 1. The fraction of sp³-hybridized carbons (Fsp3) is 0.200. The number of aromatic nitrogens is 2. The van der Waals surface area contributed by atoms with Crippen molar-refractivity contribution in [3.8, 4) is 11.5 Å². The normalized spacial score (nSPS) is 13.4. The highest BCUT2D eigenvalue weighted by molar-refractivity contribution is 7.80. The maximum atomic E-state index is 12.8. The van der Waals surface area contributed by atoms with Crippen LogP contribution in [0.5, 0.6) is 0 Å². The molecule has 188 valence electrons. The van der Waals surface area contributed by atoms with Crippen molar-refractivity contribution < 1.29 is 14.1 Å². The number of carbonyl (C=O) groups excluding carboxylic acids is 1. The summed E-state index contributed by atoms with van der Waals surface area (Å²) < 4.78 is 5.75. The fourth-order valence-electron chi connectivity index (χ4n) is 4.20. The van der Waals surface area contributed by atoms with E-state index in [9.17, 15) is 14.9 Å². The molecule has 5 rings (SSSR count). The van der Waals surface area contributed by atoms with Crippen molar-refractivity contribution in [2.45, 2.75) is 19.3 Å². The maximum Gasteiger partial charge on any atom is 0.293 e. The first kappa shape index (κ1) is 24.6. The number of pyridine rings is 1. The minimum Gasteiger partial charge on any atom is -0.434 e. The van der Waals surface area contributed by atoms with Crippen molar-refractivity contribution in [2.75, 3.05) is 23.3 Å². The molecule has 1 saturated heterocycles. The fourth-order valence-corrected chi connectivity index (χ4v) is 4.61. The highest BCUT2D eigenvalue weighted by Gasteiger charge is 2.23. The van der Waals surface area contributed by atoms with Crippen LogP contribution >= 0.6 is 23.8 Å². The maximum absolute atomic E-state index is 12.8. The minimum absolute atomic E-state index is 0.0141. The lowest BCUT2D eigenvalue weighted by Crippen LogP contribution is -2.34. The molecule has 2 aromatic carbocycles. The molecule has 0 aliphatic carbocycles. The molecule has 0 unspecified atom stereocenters. The molecule has 10 nitrogen and oxygen atoms in total. The molecule has 1 aliphatic rings. The first-order valence-electron chi connectivity index (χ1n) is 11.6. The Labute approximate surface area is 221 Å². The van der Waals surface area contributed by atoms with Crippen molar-refractivity contribution in [1.29, 1.82) is 0 Å². The van der Waals surface area contributed by atoms with E-state index in [4.69, 9.17) is 28.2 Å². The number of fused-ring (bicyclic) bond motifs is 1. The number of piperidine rings is 1. The van der Waals surface area contributed by atoms with Crippen LogP contribution in [0.2, 0.25) is 5.02 Å². The first-order valence-corrected chi connectivity index (χ1v) is 12.3. The zero-order valence-electron chi connectivity index (χ0n) is 19.4. The van der Waals surface area contributed by atoms with Gasteiger partial charge in [-0.1, -0.05) is 11.6 Å². The van der Waals surface area contributed by atoms with Crippen LogP contribution in [-0.4, -0.2) is 39.0 Å². The van der Waals surface area contributed by atoms with E-state index < -0.39 is 10.8 Å². The lowest BCUT2D eigenvalue weighted by atomic mass is 10.1. The zero-order valence-corrected chi connectivity index (χ0v) is 21.0. The summed E-state index contributed by atoms with van der Waals surface area (Å²) in [5, 5.41) is 17.6. The highest BCUT2D eigenvalue weighted by atomic mass is 35.5. The number of anilines is 2. The standard InChI is InChI=1S/C25H21ClN6O4S/c26-18-8-7-16(14-17(18)24-29-22-21(36-24)5-4-10-27-22)28-25(37)30-23(33)15-6-9-19(20(13-15)32(34)35)31-11-2-1-3-12-31/h4-10,13-14H,1-3,11-12H2,(H2,28,30,33,37). The van der Waals surface area contributed by atoms with E-state index in [1.165, 1.54) is 6.07 Å². The summed E-state index contributed by atoms with van der Waals surface area (Å²) in [7, 11) is 0. The lowest BCUT2D eigenvalue weighted by Gasteiger charge is -2.28. The smallest absolute Gasteiger partial charge is 0.293 e. The predicted molar refractivity (Wildman–Crippen MR) is 145 cm³/mol. The number of hydrogen-bond donors (Lipinski definition) is 2. The number of hydrogen-bond acceptors (Lipinski definition) is 8. The topological polar surface area (TPSA) is 126 Å². The second-order valence-corrected chi connectivity index (χ2v) is 9.27. The highest BCUT2D eigenvalue weighted by Crippen LogP contribution is 2.33. The summed E-state index contributed by atoms with van der Waals surface area (Å²) in [6.45, 7) is 1.51.